The van der Waals surface area contributed by atoms with Gasteiger partial charge in [-0.05, 0) is 55.7 Å². The summed E-state index contributed by atoms with van der Waals surface area (Å²) in [5.74, 6) is 1.04. The molecule has 2 heterocycles. The summed E-state index contributed by atoms with van der Waals surface area (Å²) in [5, 5.41) is 0. The van der Waals surface area contributed by atoms with Crippen LogP contribution in [0.2, 0.25) is 0 Å². The van der Waals surface area contributed by atoms with Crippen molar-refractivity contribution >= 4 is 11.6 Å². The van der Waals surface area contributed by atoms with Crippen molar-refractivity contribution in [1.82, 2.24) is 9.55 Å². The molecule has 1 aromatic heterocycles. The number of anilines is 1. The topological polar surface area (TPSA) is 38.1 Å². The van der Waals surface area contributed by atoms with Crippen molar-refractivity contribution in [1.29, 1.82) is 0 Å². The number of hydrogen-bond donors (Lipinski definition) is 0. The molecule has 0 aliphatic carbocycles. The first-order valence-electron chi connectivity index (χ1n) is 11.1. The van der Waals surface area contributed by atoms with E-state index >= 15 is 0 Å². The van der Waals surface area contributed by atoms with Crippen LogP contribution >= 0.6 is 0 Å². The molecule has 0 unspecified atom stereocenters. The maximum absolute atomic E-state index is 13.6. The van der Waals surface area contributed by atoms with Crippen molar-refractivity contribution in [2.24, 2.45) is 0 Å². The molecule has 4 nitrogen and oxygen atoms in total. The molecule has 4 heteroatoms. The Morgan fingerprint density at radius 3 is 2.44 bits per heavy atom. The number of carbonyl (C=O) groups is 1. The van der Waals surface area contributed by atoms with Gasteiger partial charge < -0.3 is 9.47 Å². The van der Waals surface area contributed by atoms with Crippen LogP contribution in [-0.4, -0.2) is 22.0 Å². The highest BCUT2D eigenvalue weighted by atomic mass is 16.2. The van der Waals surface area contributed by atoms with E-state index in [-0.39, 0.29) is 5.91 Å². The minimum absolute atomic E-state index is 0.0389. The average Bonchev–Trinajstić information content (AvgIpc) is 3.01. The molecule has 1 aliphatic heterocycles. The number of nitrogens with zero attached hydrogens (tertiary/aromatic N) is 3. The predicted molar refractivity (Wildman–Crippen MR) is 129 cm³/mol. The lowest BCUT2D eigenvalue weighted by Gasteiger charge is -2.24. The highest BCUT2D eigenvalue weighted by molar-refractivity contribution is 6.08. The van der Waals surface area contributed by atoms with Gasteiger partial charge in [0.15, 0.2) is 0 Å². The number of rotatable bonds is 3. The number of amides is 1. The second-order valence-corrected chi connectivity index (χ2v) is 8.55. The van der Waals surface area contributed by atoms with E-state index in [1.54, 1.807) is 0 Å². The van der Waals surface area contributed by atoms with E-state index in [1.165, 1.54) is 11.1 Å². The van der Waals surface area contributed by atoms with Crippen LogP contribution in [0.4, 0.5) is 5.69 Å². The highest BCUT2D eigenvalue weighted by Gasteiger charge is 2.28. The fraction of sp³-hybridized carbons (Fsp3) is 0.214. The number of aryl methyl sites for hydroxylation is 3. The lowest BCUT2D eigenvalue weighted by atomic mass is 10.0. The molecule has 1 amide bonds. The van der Waals surface area contributed by atoms with Crippen molar-refractivity contribution in [3.63, 3.8) is 0 Å². The molecule has 0 saturated heterocycles. The third-order valence-electron chi connectivity index (χ3n) is 6.44. The fourth-order valence-electron chi connectivity index (χ4n) is 4.55. The fourth-order valence-corrected chi connectivity index (χ4v) is 4.55. The normalized spacial score (nSPS) is 12.8. The van der Waals surface area contributed by atoms with Crippen LogP contribution in [0.15, 0.2) is 72.8 Å². The molecule has 0 N–H and O–H groups in total. The van der Waals surface area contributed by atoms with Gasteiger partial charge in [0.2, 0.25) is 0 Å². The summed E-state index contributed by atoms with van der Waals surface area (Å²) in [7, 11) is 0. The van der Waals surface area contributed by atoms with Gasteiger partial charge in [-0.2, -0.15) is 0 Å². The largest absolute Gasteiger partial charge is 0.323 e. The lowest BCUT2D eigenvalue weighted by molar-refractivity contribution is 0.0987. The molecule has 5 rings (SSSR count). The van der Waals surface area contributed by atoms with Gasteiger partial charge in [0.1, 0.15) is 5.82 Å². The molecule has 4 aromatic rings. The summed E-state index contributed by atoms with van der Waals surface area (Å²) >= 11 is 0. The molecule has 0 spiro atoms. The monoisotopic (exact) mass is 421 g/mol. The Bertz CT molecular complexity index is 1300. The molecule has 0 radical (unpaired) electrons. The summed E-state index contributed by atoms with van der Waals surface area (Å²) in [6.07, 6.45) is 0.725. The van der Waals surface area contributed by atoms with E-state index in [0.717, 1.165) is 52.6 Å². The lowest BCUT2D eigenvalue weighted by Crippen LogP contribution is -2.32. The summed E-state index contributed by atoms with van der Waals surface area (Å²) in [4.78, 5) is 20.4. The molecule has 160 valence electrons. The van der Waals surface area contributed by atoms with E-state index in [4.69, 9.17) is 4.98 Å². The highest BCUT2D eigenvalue weighted by Crippen LogP contribution is 2.38. The standard InChI is InChI=1S/C28H27N3O/c1-19-13-14-23(17-20(19)2)28(32)30-16-15-25-27(24-11-7-8-12-26(24)30)31(21(3)29-25)18-22-9-5-4-6-10-22/h4-14,17H,15-16,18H2,1-3H3. The zero-order valence-electron chi connectivity index (χ0n) is 18.8. The molecule has 32 heavy (non-hydrogen) atoms. The van der Waals surface area contributed by atoms with Crippen LogP contribution in [0.25, 0.3) is 11.3 Å². The Hall–Kier alpha value is -3.66. The number of carbonyl (C=O) groups excluding carboxylic acids is 1. The quantitative estimate of drug-likeness (QED) is 0.424. The third kappa shape index (κ3) is 3.52. The van der Waals surface area contributed by atoms with Crippen LogP contribution in [0.1, 0.15) is 38.6 Å². The number of hydrogen-bond acceptors (Lipinski definition) is 2. The van der Waals surface area contributed by atoms with Crippen molar-refractivity contribution < 1.29 is 4.79 Å². The number of benzene rings is 3. The van der Waals surface area contributed by atoms with Crippen molar-refractivity contribution in [2.45, 2.75) is 33.7 Å². The SMILES string of the molecule is Cc1ccc(C(=O)N2CCc3nc(C)n(Cc4ccccc4)c3-c3ccccc32)cc1C. The van der Waals surface area contributed by atoms with Crippen molar-refractivity contribution in [2.75, 3.05) is 11.4 Å². The third-order valence-corrected chi connectivity index (χ3v) is 6.44. The van der Waals surface area contributed by atoms with Gasteiger partial charge in [-0.1, -0.05) is 54.6 Å². The maximum atomic E-state index is 13.6. The Morgan fingerprint density at radius 1 is 0.906 bits per heavy atom. The van der Waals surface area contributed by atoms with Crippen LogP contribution < -0.4 is 4.90 Å². The summed E-state index contributed by atoms with van der Waals surface area (Å²) < 4.78 is 2.29. The first-order chi connectivity index (χ1) is 15.5. The average molecular weight is 422 g/mol. The molecule has 1 aliphatic rings. The first kappa shape index (κ1) is 20.3. The minimum atomic E-state index is 0.0389. The van der Waals surface area contributed by atoms with Gasteiger partial charge in [-0.15, -0.1) is 0 Å². The van der Waals surface area contributed by atoms with E-state index in [9.17, 15) is 4.79 Å². The van der Waals surface area contributed by atoms with E-state index in [2.05, 4.69) is 61.7 Å². The molecular weight excluding hydrogens is 394 g/mol. The smallest absolute Gasteiger partial charge is 0.258 e. The second-order valence-electron chi connectivity index (χ2n) is 8.55. The minimum Gasteiger partial charge on any atom is -0.323 e. The molecule has 0 bridgehead atoms. The zero-order chi connectivity index (χ0) is 22.2. The summed E-state index contributed by atoms with van der Waals surface area (Å²) in [5.41, 5.74) is 8.48. The van der Waals surface area contributed by atoms with E-state index in [1.807, 2.05) is 41.3 Å². The molecule has 0 atom stereocenters. The maximum Gasteiger partial charge on any atom is 0.258 e. The van der Waals surface area contributed by atoms with E-state index in [0.29, 0.717) is 6.54 Å². The van der Waals surface area contributed by atoms with Crippen molar-refractivity contribution in [3.05, 3.63) is 107 Å². The van der Waals surface area contributed by atoms with Crippen molar-refractivity contribution in [3.8, 4) is 11.3 Å². The molecule has 0 fully saturated rings. The number of para-hydroxylation sites is 1. The first-order valence-corrected chi connectivity index (χ1v) is 11.1. The van der Waals surface area contributed by atoms with Gasteiger partial charge in [-0.3, -0.25) is 4.79 Å². The van der Waals surface area contributed by atoms with Gasteiger partial charge >= 0.3 is 0 Å². The Labute approximate surface area is 189 Å². The van der Waals surface area contributed by atoms with Gasteiger partial charge in [0.05, 0.1) is 17.1 Å². The van der Waals surface area contributed by atoms with Gasteiger partial charge in [0, 0.05) is 30.6 Å². The van der Waals surface area contributed by atoms with Crippen LogP contribution in [0.3, 0.4) is 0 Å². The van der Waals surface area contributed by atoms with Gasteiger partial charge in [-0.25, -0.2) is 4.98 Å². The molecule has 0 saturated carbocycles. The summed E-state index contributed by atoms with van der Waals surface area (Å²) in [6.45, 7) is 7.56. The van der Waals surface area contributed by atoms with Crippen LogP contribution in [-0.2, 0) is 13.0 Å². The summed E-state index contributed by atoms with van der Waals surface area (Å²) in [6, 6.07) is 24.6. The predicted octanol–water partition coefficient (Wildman–Crippen LogP) is 5.73. The molecule has 3 aromatic carbocycles. The Kier molecular flexibility index (Phi) is 5.14. The van der Waals surface area contributed by atoms with Gasteiger partial charge in [0.25, 0.3) is 5.91 Å². The Morgan fingerprint density at radius 2 is 1.66 bits per heavy atom. The Balaban J connectivity index is 1.60. The molecular formula is C28H27N3O. The van der Waals surface area contributed by atoms with E-state index < -0.39 is 0 Å². The number of imidazole rings is 1. The van der Waals surface area contributed by atoms with Crippen LogP contribution in [0.5, 0.6) is 0 Å². The number of aromatic nitrogens is 2. The number of fused-ring (bicyclic) bond motifs is 3. The zero-order valence-corrected chi connectivity index (χ0v) is 18.8. The van der Waals surface area contributed by atoms with Crippen LogP contribution in [0, 0.1) is 20.8 Å². The second kappa shape index (κ2) is 8.12.